The molecule has 0 atom stereocenters. The van der Waals surface area contributed by atoms with Crippen molar-refractivity contribution in [3.63, 3.8) is 0 Å². The quantitative estimate of drug-likeness (QED) is 0.471. The molecule has 0 fully saturated rings. The van der Waals surface area contributed by atoms with Crippen molar-refractivity contribution in [1.29, 1.82) is 0 Å². The Balaban J connectivity index is 1.54. The molecule has 10 nitrogen and oxygen atoms in total. The minimum Gasteiger partial charge on any atom is -0.497 e. The first-order valence-electron chi connectivity index (χ1n) is 8.58. The van der Waals surface area contributed by atoms with Crippen LogP contribution in [0.5, 0.6) is 5.75 Å². The van der Waals surface area contributed by atoms with Crippen molar-refractivity contribution < 1.29 is 14.5 Å². The molecule has 0 spiro atoms. The number of rotatable bonds is 8. The van der Waals surface area contributed by atoms with Gasteiger partial charge < -0.3 is 10.1 Å². The molecule has 0 aliphatic rings. The molecule has 0 unspecified atom stereocenters. The monoisotopic (exact) mass is 384 g/mol. The predicted octanol–water partition coefficient (Wildman–Crippen LogP) is 2.38. The molecule has 0 saturated carbocycles. The fourth-order valence-electron chi connectivity index (χ4n) is 2.74. The van der Waals surface area contributed by atoms with E-state index in [9.17, 15) is 14.9 Å². The number of benzene rings is 1. The average Bonchev–Trinajstić information content (AvgIpc) is 3.26. The van der Waals surface area contributed by atoms with Crippen LogP contribution in [0.2, 0.25) is 0 Å². The highest BCUT2D eigenvalue weighted by atomic mass is 16.6. The van der Waals surface area contributed by atoms with E-state index in [1.54, 1.807) is 31.1 Å². The summed E-state index contributed by atoms with van der Waals surface area (Å²) in [5, 5.41) is 21.8. The summed E-state index contributed by atoms with van der Waals surface area (Å²) in [7, 11) is 1.61. The van der Waals surface area contributed by atoms with Crippen molar-refractivity contribution in [3.05, 3.63) is 64.2 Å². The molecule has 28 heavy (non-hydrogen) atoms. The van der Waals surface area contributed by atoms with Gasteiger partial charge in [0.2, 0.25) is 5.91 Å². The zero-order valence-electron chi connectivity index (χ0n) is 15.5. The molecule has 0 saturated heterocycles. The molecule has 2 aromatic heterocycles. The number of aryl methyl sites for hydroxylation is 1. The van der Waals surface area contributed by atoms with E-state index in [1.807, 2.05) is 24.3 Å². The second-order valence-electron chi connectivity index (χ2n) is 6.17. The molecule has 0 radical (unpaired) electrons. The number of amides is 1. The van der Waals surface area contributed by atoms with Gasteiger partial charge in [-0.1, -0.05) is 12.1 Å². The first-order chi connectivity index (χ1) is 13.5. The molecule has 146 valence electrons. The Hall–Kier alpha value is -3.69. The van der Waals surface area contributed by atoms with E-state index in [4.69, 9.17) is 4.74 Å². The Labute approximate surface area is 160 Å². The molecule has 2 heterocycles. The summed E-state index contributed by atoms with van der Waals surface area (Å²) in [5.41, 5.74) is 1.97. The van der Waals surface area contributed by atoms with Gasteiger partial charge in [0.05, 0.1) is 37.0 Å². The van der Waals surface area contributed by atoms with E-state index in [1.165, 1.54) is 10.9 Å². The molecule has 1 amide bonds. The number of carbonyl (C=O) groups is 1. The number of ether oxygens (including phenoxy) is 1. The lowest BCUT2D eigenvalue weighted by Gasteiger charge is -2.05. The first-order valence-corrected chi connectivity index (χ1v) is 8.58. The Morgan fingerprint density at radius 3 is 2.86 bits per heavy atom. The van der Waals surface area contributed by atoms with Crippen LogP contribution in [0.25, 0.3) is 0 Å². The van der Waals surface area contributed by atoms with Crippen LogP contribution >= 0.6 is 0 Å². The molecule has 0 aliphatic heterocycles. The molecule has 0 aliphatic carbocycles. The van der Waals surface area contributed by atoms with Crippen molar-refractivity contribution in [2.75, 3.05) is 12.4 Å². The van der Waals surface area contributed by atoms with Gasteiger partial charge in [0.1, 0.15) is 17.6 Å². The first kappa shape index (κ1) is 19.1. The average molecular weight is 384 g/mol. The normalized spacial score (nSPS) is 10.6. The number of nitrogens with one attached hydrogen (secondary N) is 1. The highest BCUT2D eigenvalue weighted by molar-refractivity contribution is 5.90. The van der Waals surface area contributed by atoms with Gasteiger partial charge in [-0.3, -0.25) is 24.3 Å². The van der Waals surface area contributed by atoms with E-state index >= 15 is 0 Å². The van der Waals surface area contributed by atoms with Gasteiger partial charge >= 0.3 is 5.69 Å². The van der Waals surface area contributed by atoms with E-state index in [0.717, 1.165) is 11.3 Å². The molecule has 3 aromatic rings. The largest absolute Gasteiger partial charge is 0.497 e. The van der Waals surface area contributed by atoms with Crippen molar-refractivity contribution in [2.45, 2.75) is 26.4 Å². The Morgan fingerprint density at radius 2 is 2.14 bits per heavy atom. The minimum absolute atomic E-state index is 0.0563. The van der Waals surface area contributed by atoms with E-state index < -0.39 is 4.92 Å². The van der Waals surface area contributed by atoms with Crippen LogP contribution in [0.15, 0.2) is 42.9 Å². The highest BCUT2D eigenvalue weighted by Gasteiger charge is 2.16. The van der Waals surface area contributed by atoms with Gasteiger partial charge in [-0.15, -0.1) is 0 Å². The van der Waals surface area contributed by atoms with Gasteiger partial charge in [-0.05, 0) is 24.6 Å². The van der Waals surface area contributed by atoms with Gasteiger partial charge in [-0.25, -0.2) is 0 Å². The van der Waals surface area contributed by atoms with Crippen molar-refractivity contribution in [3.8, 4) is 5.75 Å². The van der Waals surface area contributed by atoms with Crippen LogP contribution < -0.4 is 10.1 Å². The van der Waals surface area contributed by atoms with E-state index in [2.05, 4.69) is 15.5 Å². The molecule has 0 bridgehead atoms. The van der Waals surface area contributed by atoms with E-state index in [0.29, 0.717) is 17.9 Å². The summed E-state index contributed by atoms with van der Waals surface area (Å²) in [6.07, 6.45) is 4.64. The van der Waals surface area contributed by atoms with Crippen LogP contribution in [0.1, 0.15) is 17.7 Å². The number of carbonyl (C=O) groups excluding carboxylic acids is 1. The van der Waals surface area contributed by atoms with Crippen LogP contribution in [-0.2, 0) is 17.9 Å². The summed E-state index contributed by atoms with van der Waals surface area (Å²) >= 11 is 0. The third-order valence-electron chi connectivity index (χ3n) is 4.22. The third kappa shape index (κ3) is 4.53. The number of anilines is 1. The van der Waals surface area contributed by atoms with Crippen molar-refractivity contribution in [1.82, 2.24) is 19.6 Å². The Kier molecular flexibility index (Phi) is 5.68. The Morgan fingerprint density at radius 1 is 1.32 bits per heavy atom. The summed E-state index contributed by atoms with van der Waals surface area (Å²) in [6.45, 7) is 2.40. The third-order valence-corrected chi connectivity index (χ3v) is 4.22. The number of aromatic nitrogens is 4. The maximum atomic E-state index is 12.1. The van der Waals surface area contributed by atoms with Gasteiger partial charge in [-0.2, -0.15) is 10.2 Å². The number of hydrogen-bond acceptors (Lipinski definition) is 6. The van der Waals surface area contributed by atoms with Crippen molar-refractivity contribution >= 4 is 17.3 Å². The molecule has 3 rings (SSSR count). The number of nitro groups is 1. The van der Waals surface area contributed by atoms with Crippen LogP contribution in [0, 0.1) is 17.0 Å². The Bertz CT molecular complexity index is 994. The fraction of sp³-hybridized carbons (Fsp3) is 0.278. The van der Waals surface area contributed by atoms with Gasteiger partial charge in [0.25, 0.3) is 0 Å². The van der Waals surface area contributed by atoms with Crippen LogP contribution in [-0.4, -0.2) is 37.5 Å². The highest BCUT2D eigenvalue weighted by Crippen LogP contribution is 2.17. The molecule has 1 aromatic carbocycles. The lowest BCUT2D eigenvalue weighted by atomic mass is 10.2. The second kappa shape index (κ2) is 8.33. The fourth-order valence-corrected chi connectivity index (χ4v) is 2.74. The number of nitrogens with zero attached hydrogens (tertiary/aromatic N) is 5. The standard InChI is InChI=1S/C18H20N6O4/c1-13-17(24(26)27)10-20-23(13)7-6-18(25)21-15-9-19-22(12-15)11-14-4-3-5-16(8-14)28-2/h3-5,8-10,12H,6-7,11H2,1-2H3,(H,21,25). The maximum absolute atomic E-state index is 12.1. The minimum atomic E-state index is -0.490. The molecule has 10 heteroatoms. The zero-order valence-corrected chi connectivity index (χ0v) is 15.5. The molecular formula is C18H20N6O4. The summed E-state index contributed by atoms with van der Waals surface area (Å²) in [5.74, 6) is 0.547. The smallest absolute Gasteiger partial charge is 0.309 e. The number of hydrogen-bond donors (Lipinski definition) is 1. The summed E-state index contributed by atoms with van der Waals surface area (Å²) in [4.78, 5) is 22.5. The lowest BCUT2D eigenvalue weighted by Crippen LogP contribution is -2.15. The zero-order chi connectivity index (χ0) is 20.1. The number of methoxy groups -OCH3 is 1. The lowest BCUT2D eigenvalue weighted by molar-refractivity contribution is -0.385. The summed E-state index contributed by atoms with van der Waals surface area (Å²) < 4.78 is 8.37. The maximum Gasteiger partial charge on any atom is 0.309 e. The van der Waals surface area contributed by atoms with Gasteiger partial charge in [0, 0.05) is 12.6 Å². The topological polar surface area (TPSA) is 117 Å². The van der Waals surface area contributed by atoms with Crippen LogP contribution in [0.3, 0.4) is 0 Å². The molecular weight excluding hydrogens is 364 g/mol. The van der Waals surface area contributed by atoms with E-state index in [-0.39, 0.29) is 24.6 Å². The second-order valence-corrected chi connectivity index (χ2v) is 6.17. The molecule has 1 N–H and O–H groups in total. The SMILES string of the molecule is COc1cccc(Cn2cc(NC(=O)CCn3ncc([N+](=O)[O-])c3C)cn2)c1. The summed E-state index contributed by atoms with van der Waals surface area (Å²) in [6, 6.07) is 7.66. The van der Waals surface area contributed by atoms with Crippen molar-refractivity contribution in [2.24, 2.45) is 0 Å². The van der Waals surface area contributed by atoms with Crippen LogP contribution in [0.4, 0.5) is 11.4 Å². The predicted molar refractivity (Wildman–Crippen MR) is 101 cm³/mol. The van der Waals surface area contributed by atoms with Gasteiger partial charge in [0.15, 0.2) is 0 Å².